The van der Waals surface area contributed by atoms with E-state index in [-0.39, 0.29) is 0 Å². The van der Waals surface area contributed by atoms with Crippen LogP contribution in [-0.2, 0) is 0 Å². The van der Waals surface area contributed by atoms with Gasteiger partial charge in [0.05, 0.1) is 5.56 Å². The van der Waals surface area contributed by atoms with Crippen molar-refractivity contribution in [3.05, 3.63) is 42.5 Å². The largest absolute Gasteiger partial charge is 0.489 e. The van der Waals surface area contributed by atoms with Crippen molar-refractivity contribution in [1.29, 1.82) is 0 Å². The molecule has 0 aliphatic heterocycles. The fraction of sp³-hybridized carbons (Fsp3) is 0.100. The minimum absolute atomic E-state index is 0.365. The molecule has 0 fully saturated rings. The molecule has 0 unspecified atom stereocenters. The van der Waals surface area contributed by atoms with Gasteiger partial charge in [0.25, 0.3) is 5.91 Å². The summed E-state index contributed by atoms with van der Waals surface area (Å²) in [6.07, 6.45) is 1.61. The number of carbonyl (C=O) groups is 1. The van der Waals surface area contributed by atoms with Gasteiger partial charge in [-0.3, -0.25) is 4.79 Å². The molecule has 3 nitrogen and oxygen atoms in total. The van der Waals surface area contributed by atoms with E-state index in [0.29, 0.717) is 17.9 Å². The molecule has 0 bridgehead atoms. The molecule has 0 spiro atoms. The molecule has 1 aromatic rings. The second kappa shape index (κ2) is 4.30. The van der Waals surface area contributed by atoms with Crippen LogP contribution in [0.5, 0.6) is 5.75 Å². The number of nitrogens with two attached hydrogens (primary N) is 1. The third-order valence-corrected chi connectivity index (χ3v) is 1.51. The third-order valence-electron chi connectivity index (χ3n) is 1.51. The van der Waals surface area contributed by atoms with E-state index in [0.717, 1.165) is 0 Å². The van der Waals surface area contributed by atoms with Crippen LogP contribution in [0.15, 0.2) is 36.9 Å². The zero-order valence-corrected chi connectivity index (χ0v) is 7.19. The van der Waals surface area contributed by atoms with E-state index < -0.39 is 5.91 Å². The van der Waals surface area contributed by atoms with E-state index in [1.54, 1.807) is 30.3 Å². The molecule has 0 saturated heterocycles. The van der Waals surface area contributed by atoms with Crippen molar-refractivity contribution in [1.82, 2.24) is 0 Å². The highest BCUT2D eigenvalue weighted by Gasteiger charge is 2.06. The van der Waals surface area contributed by atoms with E-state index in [1.807, 2.05) is 0 Å². The molecule has 13 heavy (non-hydrogen) atoms. The van der Waals surface area contributed by atoms with Crippen LogP contribution < -0.4 is 10.5 Å². The van der Waals surface area contributed by atoms with Gasteiger partial charge in [0, 0.05) is 0 Å². The first-order valence-electron chi connectivity index (χ1n) is 3.88. The smallest absolute Gasteiger partial charge is 0.252 e. The lowest BCUT2D eigenvalue weighted by atomic mass is 10.2. The Morgan fingerprint density at radius 3 is 2.85 bits per heavy atom. The van der Waals surface area contributed by atoms with E-state index >= 15 is 0 Å². The van der Waals surface area contributed by atoms with Crippen molar-refractivity contribution >= 4 is 5.91 Å². The number of benzene rings is 1. The summed E-state index contributed by atoms with van der Waals surface area (Å²) in [7, 11) is 0. The predicted octanol–water partition coefficient (Wildman–Crippen LogP) is 1.35. The molecule has 0 atom stereocenters. The van der Waals surface area contributed by atoms with Crippen LogP contribution in [0.1, 0.15) is 10.4 Å². The topological polar surface area (TPSA) is 52.3 Å². The molecule has 1 aromatic carbocycles. The van der Waals surface area contributed by atoms with Gasteiger partial charge in [-0.2, -0.15) is 0 Å². The van der Waals surface area contributed by atoms with Gasteiger partial charge < -0.3 is 10.5 Å². The van der Waals surface area contributed by atoms with Crippen LogP contribution in [0.4, 0.5) is 0 Å². The van der Waals surface area contributed by atoms with Crippen LogP contribution in [0, 0.1) is 0 Å². The summed E-state index contributed by atoms with van der Waals surface area (Å²) in [6, 6.07) is 6.84. The van der Waals surface area contributed by atoms with E-state index in [9.17, 15) is 4.79 Å². The zero-order valence-electron chi connectivity index (χ0n) is 7.19. The number of rotatable bonds is 4. The first kappa shape index (κ1) is 9.32. The van der Waals surface area contributed by atoms with E-state index in [2.05, 4.69) is 6.58 Å². The van der Waals surface area contributed by atoms with Crippen LogP contribution >= 0.6 is 0 Å². The molecular weight excluding hydrogens is 166 g/mol. The van der Waals surface area contributed by atoms with Crippen molar-refractivity contribution in [3.8, 4) is 5.75 Å². The van der Waals surface area contributed by atoms with Crippen LogP contribution in [0.3, 0.4) is 0 Å². The lowest BCUT2D eigenvalue weighted by Gasteiger charge is -2.06. The van der Waals surface area contributed by atoms with Crippen LogP contribution in [0.25, 0.3) is 0 Å². The van der Waals surface area contributed by atoms with E-state index in [1.165, 1.54) is 0 Å². The second-order valence-electron chi connectivity index (χ2n) is 2.46. The average Bonchev–Trinajstić information content (AvgIpc) is 2.15. The highest BCUT2D eigenvalue weighted by atomic mass is 16.5. The monoisotopic (exact) mass is 177 g/mol. The lowest BCUT2D eigenvalue weighted by Crippen LogP contribution is -2.12. The number of carbonyl (C=O) groups excluding carboxylic acids is 1. The highest BCUT2D eigenvalue weighted by molar-refractivity contribution is 5.95. The van der Waals surface area contributed by atoms with Gasteiger partial charge in [-0.05, 0) is 12.1 Å². The lowest BCUT2D eigenvalue weighted by molar-refractivity contribution is 0.0997. The standard InChI is InChI=1S/C10H11NO2/c1-2-7-13-9-6-4-3-5-8(9)10(11)12/h2-6H,1,7H2,(H2,11,12). The van der Waals surface area contributed by atoms with Gasteiger partial charge in [-0.15, -0.1) is 0 Å². The normalized spacial score (nSPS) is 9.23. The van der Waals surface area contributed by atoms with Crippen molar-refractivity contribution in [2.45, 2.75) is 0 Å². The van der Waals surface area contributed by atoms with Gasteiger partial charge >= 0.3 is 0 Å². The molecule has 2 N–H and O–H groups in total. The molecule has 0 radical (unpaired) electrons. The maximum atomic E-state index is 10.9. The van der Waals surface area contributed by atoms with Gasteiger partial charge in [-0.1, -0.05) is 24.8 Å². The SMILES string of the molecule is C=CCOc1ccccc1C(N)=O. The summed E-state index contributed by atoms with van der Waals surface area (Å²) in [5.41, 5.74) is 5.53. The molecular formula is C10H11NO2. The summed E-state index contributed by atoms with van der Waals surface area (Å²) in [5.74, 6) is 0.00885. The minimum Gasteiger partial charge on any atom is -0.489 e. The number of primary amides is 1. The Labute approximate surface area is 76.8 Å². The van der Waals surface area contributed by atoms with Gasteiger partial charge in [0.15, 0.2) is 0 Å². The summed E-state index contributed by atoms with van der Waals surface area (Å²) in [4.78, 5) is 10.9. The van der Waals surface area contributed by atoms with Crippen molar-refractivity contribution in [3.63, 3.8) is 0 Å². The first-order valence-corrected chi connectivity index (χ1v) is 3.88. The predicted molar refractivity (Wildman–Crippen MR) is 50.7 cm³/mol. The molecule has 1 rings (SSSR count). The number of hydrogen-bond donors (Lipinski definition) is 1. The highest BCUT2D eigenvalue weighted by Crippen LogP contribution is 2.16. The Bertz CT molecular complexity index is 320. The maximum absolute atomic E-state index is 10.9. The Hall–Kier alpha value is -1.77. The average molecular weight is 177 g/mol. The Morgan fingerprint density at radius 1 is 1.54 bits per heavy atom. The van der Waals surface area contributed by atoms with Crippen LogP contribution in [0.2, 0.25) is 0 Å². The third kappa shape index (κ3) is 2.33. The fourth-order valence-corrected chi connectivity index (χ4v) is 0.945. The molecule has 68 valence electrons. The number of amides is 1. The molecule has 0 heterocycles. The molecule has 0 aliphatic rings. The maximum Gasteiger partial charge on any atom is 0.252 e. The first-order chi connectivity index (χ1) is 6.25. The molecule has 0 aromatic heterocycles. The second-order valence-corrected chi connectivity index (χ2v) is 2.46. The zero-order chi connectivity index (χ0) is 9.68. The minimum atomic E-state index is -0.486. The van der Waals surface area contributed by atoms with Gasteiger partial charge in [0.2, 0.25) is 0 Å². The van der Waals surface area contributed by atoms with Gasteiger partial charge in [-0.25, -0.2) is 0 Å². The summed E-state index contributed by atoms with van der Waals surface area (Å²) in [6.45, 7) is 3.87. The fourth-order valence-electron chi connectivity index (χ4n) is 0.945. The van der Waals surface area contributed by atoms with Crippen molar-refractivity contribution in [2.24, 2.45) is 5.73 Å². The van der Waals surface area contributed by atoms with Crippen molar-refractivity contribution < 1.29 is 9.53 Å². The Balaban J connectivity index is 2.90. The molecule has 0 saturated carbocycles. The van der Waals surface area contributed by atoms with E-state index in [4.69, 9.17) is 10.5 Å². The molecule has 3 heteroatoms. The molecule has 1 amide bonds. The Kier molecular flexibility index (Phi) is 3.09. The van der Waals surface area contributed by atoms with Gasteiger partial charge in [0.1, 0.15) is 12.4 Å². The summed E-state index contributed by atoms with van der Waals surface area (Å²) in [5, 5.41) is 0. The summed E-state index contributed by atoms with van der Waals surface area (Å²) < 4.78 is 5.23. The molecule has 0 aliphatic carbocycles. The quantitative estimate of drug-likeness (QED) is 0.706. The number of para-hydroxylation sites is 1. The van der Waals surface area contributed by atoms with Crippen LogP contribution in [-0.4, -0.2) is 12.5 Å². The summed E-state index contributed by atoms with van der Waals surface area (Å²) >= 11 is 0. The van der Waals surface area contributed by atoms with Crippen molar-refractivity contribution in [2.75, 3.05) is 6.61 Å². The Morgan fingerprint density at radius 2 is 2.23 bits per heavy atom. The number of hydrogen-bond acceptors (Lipinski definition) is 2. The number of ether oxygens (including phenoxy) is 1.